The summed E-state index contributed by atoms with van der Waals surface area (Å²) in [5.41, 5.74) is 7.68. The normalized spacial score (nSPS) is 18.0. The summed E-state index contributed by atoms with van der Waals surface area (Å²) >= 11 is 0. The lowest BCUT2D eigenvalue weighted by Crippen LogP contribution is -2.42. The molecule has 3 N–H and O–H groups in total. The number of nitrogens with two attached hydrogens (primary N) is 1. The van der Waals surface area contributed by atoms with E-state index < -0.39 is 12.0 Å². The number of amides is 1. The summed E-state index contributed by atoms with van der Waals surface area (Å²) in [6.45, 7) is 8.48. The third-order valence-corrected chi connectivity index (χ3v) is 6.76. The number of carbonyl (C=O) groups is 2. The maximum absolute atomic E-state index is 12.6. The topological polar surface area (TPSA) is 119 Å². The van der Waals surface area contributed by atoms with Gasteiger partial charge in [-0.25, -0.2) is 9.78 Å². The van der Waals surface area contributed by atoms with Crippen LogP contribution < -0.4 is 10.5 Å². The van der Waals surface area contributed by atoms with Crippen LogP contribution in [0.3, 0.4) is 0 Å². The van der Waals surface area contributed by atoms with Crippen LogP contribution in [-0.4, -0.2) is 45.6 Å². The van der Waals surface area contributed by atoms with Crippen LogP contribution in [0.15, 0.2) is 59.3 Å². The van der Waals surface area contributed by atoms with Crippen LogP contribution >= 0.6 is 0 Å². The molecule has 0 saturated heterocycles. The van der Waals surface area contributed by atoms with Crippen molar-refractivity contribution >= 4 is 18.0 Å². The van der Waals surface area contributed by atoms with Gasteiger partial charge in [0.05, 0.1) is 12.3 Å². The van der Waals surface area contributed by atoms with Crippen molar-refractivity contribution in [3.05, 3.63) is 77.6 Å². The molecule has 1 aliphatic carbocycles. The number of hydrogen-bond donors (Lipinski definition) is 2. The molecule has 8 nitrogen and oxygen atoms in total. The van der Waals surface area contributed by atoms with E-state index in [-0.39, 0.29) is 11.4 Å². The van der Waals surface area contributed by atoms with Gasteiger partial charge in [-0.3, -0.25) is 4.79 Å². The number of carboxylic acids is 1. The Morgan fingerprint density at radius 1 is 1.20 bits per heavy atom. The molecule has 1 atom stereocenters. The van der Waals surface area contributed by atoms with Gasteiger partial charge < -0.3 is 24.9 Å². The van der Waals surface area contributed by atoms with Gasteiger partial charge in [0, 0.05) is 24.6 Å². The largest absolute Gasteiger partial charge is 0.493 e. The molecule has 2 heterocycles. The summed E-state index contributed by atoms with van der Waals surface area (Å²) in [6, 6.07) is 4.43. The van der Waals surface area contributed by atoms with Crippen molar-refractivity contribution in [2.75, 3.05) is 13.2 Å². The van der Waals surface area contributed by atoms with Gasteiger partial charge in [0.15, 0.2) is 6.04 Å². The lowest BCUT2D eigenvalue weighted by Gasteiger charge is -2.34. The van der Waals surface area contributed by atoms with Gasteiger partial charge in [-0.15, -0.1) is 0 Å². The van der Waals surface area contributed by atoms with Gasteiger partial charge in [0.2, 0.25) is 11.8 Å². The fourth-order valence-corrected chi connectivity index (χ4v) is 4.86. The molecule has 0 bridgehead atoms. The Morgan fingerprint density at radius 3 is 2.61 bits per heavy atom. The number of oxazole rings is 1. The molecule has 0 spiro atoms. The Labute approximate surface area is 244 Å². The molecule has 41 heavy (non-hydrogen) atoms. The van der Waals surface area contributed by atoms with Gasteiger partial charge in [0.25, 0.3) is 0 Å². The summed E-state index contributed by atoms with van der Waals surface area (Å²) < 4.78 is 11.5. The van der Waals surface area contributed by atoms with Gasteiger partial charge in [-0.05, 0) is 82.2 Å². The van der Waals surface area contributed by atoms with E-state index in [1.807, 2.05) is 52.0 Å². The molecule has 1 aliphatic heterocycles. The van der Waals surface area contributed by atoms with E-state index in [9.17, 15) is 14.7 Å². The molecule has 1 aromatic carbocycles. The molecular formula is C33H45N3O5. The summed E-state index contributed by atoms with van der Waals surface area (Å²) in [4.78, 5) is 30.7. The number of hydrogen-bond acceptors (Lipinski definition) is 6. The van der Waals surface area contributed by atoms with Crippen molar-refractivity contribution in [2.24, 2.45) is 11.7 Å². The van der Waals surface area contributed by atoms with Gasteiger partial charge >= 0.3 is 5.97 Å². The number of aliphatic carboxylic acids is 1. The minimum Gasteiger partial charge on any atom is -0.493 e. The second-order valence-corrected chi connectivity index (χ2v) is 11.7. The third kappa shape index (κ3) is 10.7. The van der Waals surface area contributed by atoms with E-state index in [1.54, 1.807) is 24.5 Å². The number of fused-ring (bicyclic) bond motifs is 1. The van der Waals surface area contributed by atoms with Crippen molar-refractivity contribution in [1.82, 2.24) is 9.88 Å². The number of benzene rings is 1. The van der Waals surface area contributed by atoms with Crippen LogP contribution in [0.5, 0.6) is 5.75 Å². The number of ether oxygens (including phenoxy) is 1. The quantitative estimate of drug-likeness (QED) is 0.272. The van der Waals surface area contributed by atoms with E-state index in [1.165, 1.54) is 43.1 Å². The number of nitrogens with zero attached hydrogens (tertiary/aromatic N) is 2. The summed E-state index contributed by atoms with van der Waals surface area (Å²) in [7, 11) is 0. The van der Waals surface area contributed by atoms with Crippen molar-refractivity contribution in [3.63, 3.8) is 0 Å². The molecule has 222 valence electrons. The monoisotopic (exact) mass is 563 g/mol. The second kappa shape index (κ2) is 15.4. The van der Waals surface area contributed by atoms with E-state index >= 15 is 0 Å². The average Bonchev–Trinajstić information content (AvgIpc) is 3.38. The van der Waals surface area contributed by atoms with E-state index in [0.717, 1.165) is 11.3 Å². The first-order chi connectivity index (χ1) is 19.5. The van der Waals surface area contributed by atoms with E-state index in [2.05, 4.69) is 11.1 Å². The van der Waals surface area contributed by atoms with Crippen molar-refractivity contribution in [3.8, 4) is 5.75 Å². The third-order valence-electron chi connectivity index (χ3n) is 6.76. The molecule has 1 aromatic heterocycles. The first-order valence-corrected chi connectivity index (χ1v) is 14.5. The number of carbonyl (C=O) groups excluding carboxylic acids is 1. The molecule has 0 radical (unpaired) electrons. The van der Waals surface area contributed by atoms with Crippen LogP contribution in [-0.2, 0) is 22.4 Å². The predicted molar refractivity (Wildman–Crippen MR) is 161 cm³/mol. The lowest BCUT2D eigenvalue weighted by molar-refractivity contribution is -0.149. The minimum atomic E-state index is -1.06. The first kappa shape index (κ1) is 31.9. The highest BCUT2D eigenvalue weighted by atomic mass is 16.5. The Balaban J connectivity index is 0.000000850. The smallest absolute Gasteiger partial charge is 0.331 e. The van der Waals surface area contributed by atoms with Crippen LogP contribution in [0, 0.1) is 5.92 Å². The Bertz CT molecular complexity index is 1230. The molecule has 4 rings (SSSR count). The van der Waals surface area contributed by atoms with Crippen LogP contribution in [0.2, 0.25) is 0 Å². The fourth-order valence-electron chi connectivity index (χ4n) is 4.86. The highest BCUT2D eigenvalue weighted by Crippen LogP contribution is 2.33. The fraction of sp³-hybridized carbons (Fsp3) is 0.485. The van der Waals surface area contributed by atoms with E-state index in [4.69, 9.17) is 14.9 Å². The van der Waals surface area contributed by atoms with Gasteiger partial charge in [0.1, 0.15) is 12.0 Å². The zero-order valence-corrected chi connectivity index (χ0v) is 24.8. The number of aromatic nitrogens is 1. The number of rotatable bonds is 9. The Kier molecular flexibility index (Phi) is 12.0. The number of allylic oxidation sites excluding steroid dienone is 4. The minimum absolute atomic E-state index is 0. The SMILES string of the molecule is CC(C)(C)N.CC=CC=CC(=O)N1CCc2ccc(OCCc3coc(/C=C/C4CCCCC4)n3)cc2C1C(=O)O. The van der Waals surface area contributed by atoms with Crippen molar-refractivity contribution in [2.45, 2.75) is 84.2 Å². The summed E-state index contributed by atoms with van der Waals surface area (Å²) in [5.74, 6) is 0.419. The molecule has 1 amide bonds. The summed E-state index contributed by atoms with van der Waals surface area (Å²) in [5, 5.41) is 9.92. The van der Waals surface area contributed by atoms with Gasteiger partial charge in [-0.1, -0.05) is 49.6 Å². The standard InChI is InChI=1S/C29H34N2O5.C4H11N/c1-2-3-5-10-27(32)31-17-15-22-12-13-24(19-25(22)28(31)29(33)34)35-18-16-23-20-36-26(30-23)14-11-21-8-6-4-7-9-21;1-4(2,3)5/h2-3,5,10-14,19-21,28H,4,6-9,15-18H2,1H3,(H,33,34);5H2,1-3H3/b3-2?,10-5?,14-11+;. The average molecular weight is 564 g/mol. The zero-order valence-electron chi connectivity index (χ0n) is 24.8. The molecule has 1 saturated carbocycles. The molecule has 1 unspecified atom stereocenters. The lowest BCUT2D eigenvalue weighted by atomic mass is 9.89. The van der Waals surface area contributed by atoms with Gasteiger partial charge in [-0.2, -0.15) is 0 Å². The second-order valence-electron chi connectivity index (χ2n) is 11.7. The molecular weight excluding hydrogens is 518 g/mol. The maximum Gasteiger partial charge on any atom is 0.331 e. The van der Waals surface area contributed by atoms with Crippen LogP contribution in [0.4, 0.5) is 0 Å². The van der Waals surface area contributed by atoms with Crippen molar-refractivity contribution < 1.29 is 23.8 Å². The van der Waals surface area contributed by atoms with Crippen LogP contribution in [0.1, 0.15) is 88.6 Å². The summed E-state index contributed by atoms with van der Waals surface area (Å²) in [6.07, 6.45) is 20.0. The predicted octanol–water partition coefficient (Wildman–Crippen LogP) is 6.28. The zero-order chi connectivity index (χ0) is 29.8. The van der Waals surface area contributed by atoms with Crippen molar-refractivity contribution in [1.29, 1.82) is 0 Å². The maximum atomic E-state index is 12.6. The molecule has 2 aromatic rings. The highest BCUT2D eigenvalue weighted by Gasteiger charge is 2.35. The Morgan fingerprint density at radius 2 is 1.93 bits per heavy atom. The van der Waals surface area contributed by atoms with Crippen LogP contribution in [0.25, 0.3) is 6.08 Å². The molecule has 1 fully saturated rings. The molecule has 2 aliphatic rings. The van der Waals surface area contributed by atoms with E-state index in [0.29, 0.717) is 49.1 Å². The Hall–Kier alpha value is -3.65. The molecule has 8 heteroatoms. The first-order valence-electron chi connectivity index (χ1n) is 14.5. The highest BCUT2D eigenvalue weighted by molar-refractivity contribution is 5.92. The number of carboxylic acid groups (broad SMARTS) is 1.